The number of rotatable bonds is 5. The zero-order valence-corrected chi connectivity index (χ0v) is 18.4. The van der Waals surface area contributed by atoms with Gasteiger partial charge in [-0.15, -0.1) is 0 Å². The molecule has 3 aromatic rings. The van der Waals surface area contributed by atoms with Crippen molar-refractivity contribution in [2.75, 3.05) is 26.2 Å². The molecule has 0 aliphatic carbocycles. The number of nitrogens with zero attached hydrogens (tertiary/aromatic N) is 4. The SMILES string of the molecule is O=C(Cc1cc(C(F)(F)F)ccc1Cl)N1CCCN(Cc2noc(-c3ccccc3)n2)CC1. The number of carbonyl (C=O) groups excluding carboxylic acids is 1. The predicted octanol–water partition coefficient (Wildman–Crippen LogP) is 4.69. The van der Waals surface area contributed by atoms with E-state index in [4.69, 9.17) is 16.1 Å². The maximum Gasteiger partial charge on any atom is 0.416 e. The zero-order chi connectivity index (χ0) is 23.4. The number of hydrogen-bond acceptors (Lipinski definition) is 5. The summed E-state index contributed by atoms with van der Waals surface area (Å²) in [5.74, 6) is 0.767. The average molecular weight is 479 g/mol. The molecule has 0 radical (unpaired) electrons. The van der Waals surface area contributed by atoms with Gasteiger partial charge in [0.1, 0.15) is 0 Å². The van der Waals surface area contributed by atoms with Gasteiger partial charge in [0, 0.05) is 36.8 Å². The standard InChI is InChI=1S/C23H22ClF3N4O2/c24-19-8-7-18(23(25,26)27)13-17(19)14-21(32)31-10-4-9-30(11-12-31)15-20-28-22(33-29-20)16-5-2-1-3-6-16/h1-3,5-8,13H,4,9-12,14-15H2. The molecule has 0 atom stereocenters. The fourth-order valence-electron chi connectivity index (χ4n) is 3.76. The van der Waals surface area contributed by atoms with Crippen LogP contribution in [0.15, 0.2) is 53.1 Å². The number of aromatic nitrogens is 2. The molecule has 33 heavy (non-hydrogen) atoms. The van der Waals surface area contributed by atoms with Gasteiger partial charge < -0.3 is 9.42 Å². The molecular formula is C23H22ClF3N4O2. The Balaban J connectivity index is 1.35. The minimum absolute atomic E-state index is 0.152. The highest BCUT2D eigenvalue weighted by molar-refractivity contribution is 6.31. The summed E-state index contributed by atoms with van der Waals surface area (Å²) in [6.45, 7) is 2.80. The summed E-state index contributed by atoms with van der Waals surface area (Å²) < 4.78 is 44.4. The lowest BCUT2D eigenvalue weighted by Gasteiger charge is -2.22. The predicted molar refractivity (Wildman–Crippen MR) is 116 cm³/mol. The third-order valence-electron chi connectivity index (χ3n) is 5.51. The van der Waals surface area contributed by atoms with E-state index in [1.165, 1.54) is 6.07 Å². The van der Waals surface area contributed by atoms with E-state index < -0.39 is 11.7 Å². The molecule has 10 heteroatoms. The molecule has 0 bridgehead atoms. The summed E-state index contributed by atoms with van der Waals surface area (Å²) in [6, 6.07) is 12.5. The van der Waals surface area contributed by atoms with Crippen LogP contribution in [-0.4, -0.2) is 52.0 Å². The molecule has 1 saturated heterocycles. The first-order valence-corrected chi connectivity index (χ1v) is 10.9. The molecule has 1 aliphatic rings. The molecule has 1 aromatic heterocycles. The molecule has 0 N–H and O–H groups in total. The lowest BCUT2D eigenvalue weighted by molar-refractivity contribution is -0.138. The van der Waals surface area contributed by atoms with Crippen LogP contribution < -0.4 is 0 Å². The van der Waals surface area contributed by atoms with Crippen molar-refractivity contribution in [1.82, 2.24) is 19.9 Å². The van der Waals surface area contributed by atoms with Crippen molar-refractivity contribution in [1.29, 1.82) is 0 Å². The topological polar surface area (TPSA) is 62.5 Å². The van der Waals surface area contributed by atoms with Crippen LogP contribution in [0.1, 0.15) is 23.4 Å². The van der Waals surface area contributed by atoms with Crippen molar-refractivity contribution in [3.8, 4) is 11.5 Å². The number of carbonyl (C=O) groups is 1. The van der Waals surface area contributed by atoms with Crippen LogP contribution in [0.3, 0.4) is 0 Å². The van der Waals surface area contributed by atoms with E-state index in [0.717, 1.165) is 30.7 Å². The largest absolute Gasteiger partial charge is 0.416 e. The second-order valence-electron chi connectivity index (χ2n) is 7.87. The van der Waals surface area contributed by atoms with E-state index >= 15 is 0 Å². The molecule has 4 rings (SSSR count). The van der Waals surface area contributed by atoms with Gasteiger partial charge in [0.15, 0.2) is 5.82 Å². The molecule has 2 aromatic carbocycles. The van der Waals surface area contributed by atoms with Crippen LogP contribution >= 0.6 is 11.6 Å². The summed E-state index contributed by atoms with van der Waals surface area (Å²) in [5, 5.41) is 4.20. The Labute approximate surface area is 193 Å². The first kappa shape index (κ1) is 23.3. The number of halogens is 4. The number of hydrogen-bond donors (Lipinski definition) is 0. The maximum atomic E-state index is 13.0. The first-order chi connectivity index (χ1) is 15.8. The van der Waals surface area contributed by atoms with Crippen molar-refractivity contribution in [3.05, 3.63) is 70.5 Å². The van der Waals surface area contributed by atoms with Crippen molar-refractivity contribution in [3.63, 3.8) is 0 Å². The van der Waals surface area contributed by atoms with Crippen LogP contribution in [0.4, 0.5) is 13.2 Å². The molecule has 1 amide bonds. The van der Waals surface area contributed by atoms with Crippen molar-refractivity contribution < 1.29 is 22.5 Å². The van der Waals surface area contributed by atoms with Gasteiger partial charge in [-0.2, -0.15) is 18.2 Å². The summed E-state index contributed by atoms with van der Waals surface area (Å²) in [7, 11) is 0. The normalized spacial score (nSPS) is 15.5. The van der Waals surface area contributed by atoms with Gasteiger partial charge in [0.05, 0.1) is 18.5 Å². The van der Waals surface area contributed by atoms with Crippen LogP contribution in [0.2, 0.25) is 5.02 Å². The van der Waals surface area contributed by atoms with Crippen molar-refractivity contribution in [2.45, 2.75) is 25.6 Å². The van der Waals surface area contributed by atoms with E-state index in [1.54, 1.807) is 4.90 Å². The highest BCUT2D eigenvalue weighted by Gasteiger charge is 2.31. The van der Waals surface area contributed by atoms with E-state index in [0.29, 0.717) is 37.9 Å². The minimum atomic E-state index is -4.49. The highest BCUT2D eigenvalue weighted by atomic mass is 35.5. The summed E-state index contributed by atoms with van der Waals surface area (Å²) >= 11 is 6.05. The molecule has 1 aliphatic heterocycles. The third-order valence-corrected chi connectivity index (χ3v) is 5.88. The molecule has 0 saturated carbocycles. The molecular weight excluding hydrogens is 457 g/mol. The number of benzene rings is 2. The third kappa shape index (κ3) is 5.91. The smallest absolute Gasteiger partial charge is 0.341 e. The Kier molecular flexibility index (Phi) is 6.99. The quantitative estimate of drug-likeness (QED) is 0.532. The van der Waals surface area contributed by atoms with Crippen LogP contribution in [0.5, 0.6) is 0 Å². The monoisotopic (exact) mass is 478 g/mol. The van der Waals surface area contributed by atoms with Crippen LogP contribution in [-0.2, 0) is 23.9 Å². The molecule has 174 valence electrons. The lowest BCUT2D eigenvalue weighted by atomic mass is 10.1. The van der Waals surface area contributed by atoms with E-state index in [1.807, 2.05) is 30.3 Å². The van der Waals surface area contributed by atoms with Gasteiger partial charge in [0.2, 0.25) is 5.91 Å². The summed E-state index contributed by atoms with van der Waals surface area (Å²) in [6.07, 6.45) is -3.93. The Morgan fingerprint density at radius 1 is 1.06 bits per heavy atom. The average Bonchev–Trinajstić information content (AvgIpc) is 3.12. The van der Waals surface area contributed by atoms with E-state index in [9.17, 15) is 18.0 Å². The Hall–Kier alpha value is -2.91. The van der Waals surface area contributed by atoms with Gasteiger partial charge >= 0.3 is 6.18 Å². The van der Waals surface area contributed by atoms with Crippen LogP contribution in [0, 0.1) is 0 Å². The molecule has 1 fully saturated rings. The van der Waals surface area contributed by atoms with Crippen molar-refractivity contribution in [2.24, 2.45) is 0 Å². The molecule has 0 spiro atoms. The maximum absolute atomic E-state index is 13.0. The molecule has 6 nitrogen and oxygen atoms in total. The number of amides is 1. The van der Waals surface area contributed by atoms with Gasteiger partial charge in [-0.25, -0.2) is 0 Å². The number of alkyl halides is 3. The second kappa shape index (κ2) is 9.93. The molecule has 0 unspecified atom stereocenters. The summed E-state index contributed by atoms with van der Waals surface area (Å²) in [5.41, 5.74) is 0.210. The molecule has 2 heterocycles. The fourth-order valence-corrected chi connectivity index (χ4v) is 3.94. The highest BCUT2D eigenvalue weighted by Crippen LogP contribution is 2.32. The lowest BCUT2D eigenvalue weighted by Crippen LogP contribution is -2.36. The Morgan fingerprint density at radius 2 is 1.85 bits per heavy atom. The van der Waals surface area contributed by atoms with Gasteiger partial charge in [0.25, 0.3) is 5.89 Å². The van der Waals surface area contributed by atoms with Gasteiger partial charge in [-0.3, -0.25) is 9.69 Å². The Bertz CT molecular complexity index is 1100. The van der Waals surface area contributed by atoms with E-state index in [2.05, 4.69) is 15.0 Å². The van der Waals surface area contributed by atoms with E-state index in [-0.39, 0.29) is 22.9 Å². The first-order valence-electron chi connectivity index (χ1n) is 10.5. The van der Waals surface area contributed by atoms with Crippen molar-refractivity contribution >= 4 is 17.5 Å². The van der Waals surface area contributed by atoms with Crippen LogP contribution in [0.25, 0.3) is 11.5 Å². The second-order valence-corrected chi connectivity index (χ2v) is 8.28. The summed E-state index contributed by atoms with van der Waals surface area (Å²) in [4.78, 5) is 21.0. The minimum Gasteiger partial charge on any atom is -0.341 e. The van der Waals surface area contributed by atoms with Gasteiger partial charge in [-0.1, -0.05) is 35.0 Å². The Morgan fingerprint density at radius 3 is 2.61 bits per heavy atom. The zero-order valence-electron chi connectivity index (χ0n) is 17.7. The fraction of sp³-hybridized carbons (Fsp3) is 0.348. The van der Waals surface area contributed by atoms with Gasteiger partial charge in [-0.05, 0) is 42.3 Å².